The Morgan fingerprint density at radius 1 is 1.21 bits per heavy atom. The number of aromatic nitrogens is 1. The smallest absolute Gasteiger partial charge is 0.144 e. The number of nitrogens with one attached hydrogen (secondary N) is 1. The van der Waals surface area contributed by atoms with Crippen LogP contribution in [0.4, 0.5) is 17.2 Å². The Morgan fingerprint density at radius 3 is 2.63 bits per heavy atom. The summed E-state index contributed by atoms with van der Waals surface area (Å²) in [6.45, 7) is 0. The molecule has 1 heterocycles. The standard InChI is InChI=1S/C13H14BrN3O2/c1-18-9-3-4-12(19-2)11(6-9)17-13-10(14)5-8(15)7-16-13/h3-7H,15H2,1-2H3,(H,16,17). The van der Waals surface area contributed by atoms with Crippen LogP contribution >= 0.6 is 15.9 Å². The maximum Gasteiger partial charge on any atom is 0.144 e. The second-order valence-electron chi connectivity index (χ2n) is 3.79. The molecule has 3 N–H and O–H groups in total. The molecule has 2 rings (SSSR count). The van der Waals surface area contributed by atoms with Gasteiger partial charge in [0.15, 0.2) is 0 Å². The number of rotatable bonds is 4. The van der Waals surface area contributed by atoms with Gasteiger partial charge in [-0.1, -0.05) is 0 Å². The van der Waals surface area contributed by atoms with Crippen LogP contribution in [0.25, 0.3) is 0 Å². The predicted octanol–water partition coefficient (Wildman–Crippen LogP) is 3.19. The summed E-state index contributed by atoms with van der Waals surface area (Å²) < 4.78 is 11.3. The Kier molecular flexibility index (Phi) is 4.11. The van der Waals surface area contributed by atoms with E-state index in [2.05, 4.69) is 26.2 Å². The lowest BCUT2D eigenvalue weighted by Gasteiger charge is -2.13. The summed E-state index contributed by atoms with van der Waals surface area (Å²) in [4.78, 5) is 4.22. The highest BCUT2D eigenvalue weighted by Crippen LogP contribution is 2.33. The lowest BCUT2D eigenvalue weighted by atomic mass is 10.2. The van der Waals surface area contributed by atoms with Crippen LogP contribution in [0, 0.1) is 0 Å². The summed E-state index contributed by atoms with van der Waals surface area (Å²) in [7, 11) is 3.22. The van der Waals surface area contributed by atoms with Gasteiger partial charge in [0.05, 0.1) is 36.3 Å². The molecule has 2 aromatic rings. The molecular formula is C13H14BrN3O2. The second-order valence-corrected chi connectivity index (χ2v) is 4.64. The molecule has 0 bridgehead atoms. The van der Waals surface area contributed by atoms with Crippen molar-refractivity contribution in [3.8, 4) is 11.5 Å². The van der Waals surface area contributed by atoms with Gasteiger partial charge in [0.2, 0.25) is 0 Å². The summed E-state index contributed by atoms with van der Waals surface area (Å²) >= 11 is 3.41. The monoisotopic (exact) mass is 323 g/mol. The number of methoxy groups -OCH3 is 2. The topological polar surface area (TPSA) is 69.4 Å². The minimum Gasteiger partial charge on any atom is -0.497 e. The van der Waals surface area contributed by atoms with Gasteiger partial charge in [-0.3, -0.25) is 0 Å². The number of hydrogen-bond acceptors (Lipinski definition) is 5. The van der Waals surface area contributed by atoms with Crippen LogP contribution in [0.5, 0.6) is 11.5 Å². The highest BCUT2D eigenvalue weighted by atomic mass is 79.9. The third kappa shape index (κ3) is 3.08. The molecule has 0 aliphatic heterocycles. The van der Waals surface area contributed by atoms with Gasteiger partial charge in [0.25, 0.3) is 0 Å². The van der Waals surface area contributed by atoms with Crippen molar-refractivity contribution in [2.24, 2.45) is 0 Å². The van der Waals surface area contributed by atoms with Crippen LogP contribution < -0.4 is 20.5 Å². The van der Waals surface area contributed by atoms with E-state index in [0.29, 0.717) is 17.3 Å². The van der Waals surface area contributed by atoms with Crippen LogP contribution in [0.1, 0.15) is 0 Å². The van der Waals surface area contributed by atoms with Crippen molar-refractivity contribution in [1.29, 1.82) is 0 Å². The first-order valence-corrected chi connectivity index (χ1v) is 6.33. The Bertz CT molecular complexity index is 590. The first kappa shape index (κ1) is 13.5. The summed E-state index contributed by atoms with van der Waals surface area (Å²) in [5.41, 5.74) is 7.01. The van der Waals surface area contributed by atoms with E-state index in [4.69, 9.17) is 15.2 Å². The fourth-order valence-corrected chi connectivity index (χ4v) is 2.05. The molecular weight excluding hydrogens is 310 g/mol. The Labute approximate surface area is 119 Å². The zero-order valence-corrected chi connectivity index (χ0v) is 12.2. The van der Waals surface area contributed by atoms with Crippen LogP contribution in [-0.2, 0) is 0 Å². The van der Waals surface area contributed by atoms with Crippen molar-refractivity contribution in [2.75, 3.05) is 25.3 Å². The van der Waals surface area contributed by atoms with Crippen molar-refractivity contribution in [3.63, 3.8) is 0 Å². The predicted molar refractivity (Wildman–Crippen MR) is 79.2 cm³/mol. The Morgan fingerprint density at radius 2 is 2.00 bits per heavy atom. The molecule has 5 nitrogen and oxygen atoms in total. The molecule has 0 fully saturated rings. The first-order valence-electron chi connectivity index (χ1n) is 5.54. The van der Waals surface area contributed by atoms with E-state index in [1.165, 1.54) is 0 Å². The molecule has 0 radical (unpaired) electrons. The minimum absolute atomic E-state index is 0.593. The van der Waals surface area contributed by atoms with Gasteiger partial charge in [0.1, 0.15) is 17.3 Å². The SMILES string of the molecule is COc1ccc(OC)c(Nc2ncc(N)cc2Br)c1. The van der Waals surface area contributed by atoms with E-state index in [1.807, 2.05) is 18.2 Å². The fourth-order valence-electron chi connectivity index (χ4n) is 1.58. The van der Waals surface area contributed by atoms with Crippen LogP contribution in [-0.4, -0.2) is 19.2 Å². The quantitative estimate of drug-likeness (QED) is 0.904. The second kappa shape index (κ2) is 5.79. The van der Waals surface area contributed by atoms with Crippen molar-refractivity contribution in [2.45, 2.75) is 0 Å². The molecule has 0 aliphatic carbocycles. The van der Waals surface area contributed by atoms with Gasteiger partial charge in [-0.15, -0.1) is 0 Å². The van der Waals surface area contributed by atoms with Gasteiger partial charge in [-0.25, -0.2) is 4.98 Å². The number of anilines is 3. The molecule has 0 amide bonds. The molecule has 0 atom stereocenters. The molecule has 6 heteroatoms. The third-order valence-corrected chi connectivity index (χ3v) is 3.13. The Hall–Kier alpha value is -1.95. The lowest BCUT2D eigenvalue weighted by Crippen LogP contribution is -1.99. The van der Waals surface area contributed by atoms with E-state index in [0.717, 1.165) is 15.9 Å². The molecule has 1 aromatic heterocycles. The van der Waals surface area contributed by atoms with Crippen LogP contribution in [0.2, 0.25) is 0 Å². The lowest BCUT2D eigenvalue weighted by molar-refractivity contribution is 0.405. The molecule has 0 aliphatic rings. The van der Waals surface area contributed by atoms with Gasteiger partial charge < -0.3 is 20.5 Å². The maximum atomic E-state index is 5.66. The molecule has 0 saturated carbocycles. The summed E-state index contributed by atoms with van der Waals surface area (Å²) in [6, 6.07) is 7.27. The number of hydrogen-bond donors (Lipinski definition) is 2. The Balaban J connectivity index is 2.36. The average molecular weight is 324 g/mol. The third-order valence-electron chi connectivity index (χ3n) is 2.52. The number of nitrogens with two attached hydrogens (primary N) is 1. The normalized spacial score (nSPS) is 10.1. The van der Waals surface area contributed by atoms with Crippen molar-refractivity contribution < 1.29 is 9.47 Å². The van der Waals surface area contributed by atoms with Gasteiger partial charge in [-0.2, -0.15) is 0 Å². The number of ether oxygens (including phenoxy) is 2. The largest absolute Gasteiger partial charge is 0.497 e. The van der Waals surface area contributed by atoms with Crippen molar-refractivity contribution >= 4 is 33.1 Å². The molecule has 0 saturated heterocycles. The zero-order chi connectivity index (χ0) is 13.8. The zero-order valence-electron chi connectivity index (χ0n) is 10.6. The minimum atomic E-state index is 0.593. The highest BCUT2D eigenvalue weighted by molar-refractivity contribution is 9.10. The van der Waals surface area contributed by atoms with Gasteiger partial charge >= 0.3 is 0 Å². The van der Waals surface area contributed by atoms with E-state index in [1.54, 1.807) is 26.5 Å². The summed E-state index contributed by atoms with van der Waals surface area (Å²) in [5, 5.41) is 3.18. The number of benzene rings is 1. The number of pyridine rings is 1. The summed E-state index contributed by atoms with van der Waals surface area (Å²) in [5.74, 6) is 2.09. The maximum absolute atomic E-state index is 5.66. The number of nitrogens with zero attached hydrogens (tertiary/aromatic N) is 1. The number of halogens is 1. The molecule has 0 spiro atoms. The van der Waals surface area contributed by atoms with Crippen LogP contribution in [0.3, 0.4) is 0 Å². The highest BCUT2D eigenvalue weighted by Gasteiger charge is 2.08. The average Bonchev–Trinajstić information content (AvgIpc) is 2.41. The van der Waals surface area contributed by atoms with Gasteiger partial charge in [0, 0.05) is 6.07 Å². The molecule has 19 heavy (non-hydrogen) atoms. The van der Waals surface area contributed by atoms with E-state index in [-0.39, 0.29) is 0 Å². The molecule has 1 aromatic carbocycles. The number of nitrogen functional groups attached to an aromatic ring is 1. The fraction of sp³-hybridized carbons (Fsp3) is 0.154. The van der Waals surface area contributed by atoms with E-state index < -0.39 is 0 Å². The first-order chi connectivity index (χ1) is 9.13. The van der Waals surface area contributed by atoms with Crippen LogP contribution in [0.15, 0.2) is 34.9 Å². The molecule has 100 valence electrons. The molecule has 0 unspecified atom stereocenters. The van der Waals surface area contributed by atoms with Gasteiger partial charge in [-0.05, 0) is 34.1 Å². The van der Waals surface area contributed by atoms with E-state index in [9.17, 15) is 0 Å². The van der Waals surface area contributed by atoms with Crippen molar-refractivity contribution in [1.82, 2.24) is 4.98 Å². The van der Waals surface area contributed by atoms with E-state index >= 15 is 0 Å². The summed E-state index contributed by atoms with van der Waals surface area (Å²) in [6.07, 6.45) is 1.58. The van der Waals surface area contributed by atoms with Crippen molar-refractivity contribution in [3.05, 3.63) is 34.9 Å².